The molecule has 0 bridgehead atoms. The first-order chi connectivity index (χ1) is 10.0. The molecule has 1 aromatic carbocycles. The molecule has 1 fully saturated rings. The van der Waals surface area contributed by atoms with E-state index in [-0.39, 0.29) is 5.91 Å². The van der Waals surface area contributed by atoms with Crippen LogP contribution in [-0.2, 0) is 9.59 Å². The zero-order chi connectivity index (χ0) is 15.2. The number of carboxylic acid groups (broad SMARTS) is 1. The van der Waals surface area contributed by atoms with Gasteiger partial charge in [-0.15, -0.1) is 0 Å². The fourth-order valence-electron chi connectivity index (χ4n) is 2.30. The van der Waals surface area contributed by atoms with Gasteiger partial charge in [0.25, 0.3) is 0 Å². The van der Waals surface area contributed by atoms with Crippen LogP contribution in [0, 0.1) is 5.92 Å². The molecule has 1 heterocycles. The molecule has 21 heavy (non-hydrogen) atoms. The fourth-order valence-corrected chi connectivity index (χ4v) is 2.30. The maximum absolute atomic E-state index is 11.6. The number of aliphatic carboxylic acids is 1. The summed E-state index contributed by atoms with van der Waals surface area (Å²) in [5.41, 5.74) is 0.799. The minimum Gasteiger partial charge on any atom is -0.492 e. The van der Waals surface area contributed by atoms with Crippen LogP contribution in [0.15, 0.2) is 30.3 Å². The molecule has 1 aromatic rings. The lowest BCUT2D eigenvalue weighted by molar-refractivity contribution is -0.131. The van der Waals surface area contributed by atoms with Crippen molar-refractivity contribution in [2.24, 2.45) is 5.92 Å². The zero-order valence-corrected chi connectivity index (χ0v) is 12.0. The van der Waals surface area contributed by atoms with Crippen LogP contribution in [0.4, 0.5) is 0 Å². The van der Waals surface area contributed by atoms with Gasteiger partial charge >= 0.3 is 5.97 Å². The van der Waals surface area contributed by atoms with Crippen molar-refractivity contribution in [3.8, 4) is 5.75 Å². The first-order valence-corrected chi connectivity index (χ1v) is 6.96. The molecule has 1 aliphatic heterocycles. The first kappa shape index (κ1) is 15.1. The average Bonchev–Trinajstić information content (AvgIpc) is 2.76. The predicted octanol–water partition coefficient (Wildman–Crippen LogP) is 2.03. The average molecular weight is 289 g/mol. The summed E-state index contributed by atoms with van der Waals surface area (Å²) in [6.45, 7) is 3.94. The SMILES string of the molecule is CC1CC(=O)N(CCOc2ccc(C=CC(=O)O)cc2)C1. The number of hydrogen-bond acceptors (Lipinski definition) is 3. The van der Waals surface area contributed by atoms with Crippen molar-refractivity contribution in [1.82, 2.24) is 4.90 Å². The second-order valence-corrected chi connectivity index (χ2v) is 5.24. The van der Waals surface area contributed by atoms with Crippen LogP contribution in [-0.4, -0.2) is 41.6 Å². The first-order valence-electron chi connectivity index (χ1n) is 6.96. The highest BCUT2D eigenvalue weighted by molar-refractivity contribution is 5.85. The van der Waals surface area contributed by atoms with Gasteiger partial charge < -0.3 is 14.7 Å². The Bertz CT molecular complexity index is 536. The number of carbonyl (C=O) groups excluding carboxylic acids is 1. The maximum atomic E-state index is 11.6. The van der Waals surface area contributed by atoms with Gasteiger partial charge in [0.05, 0.1) is 6.54 Å². The number of nitrogens with zero attached hydrogens (tertiary/aromatic N) is 1. The van der Waals surface area contributed by atoms with Gasteiger partial charge in [-0.2, -0.15) is 0 Å². The molecule has 112 valence electrons. The standard InChI is InChI=1S/C16H19NO4/c1-12-10-15(18)17(11-12)8-9-21-14-5-2-13(3-6-14)4-7-16(19)20/h2-7,12H,8-11H2,1H3,(H,19,20). The van der Waals surface area contributed by atoms with Gasteiger partial charge in [-0.3, -0.25) is 4.79 Å². The van der Waals surface area contributed by atoms with Crippen LogP contribution in [0.1, 0.15) is 18.9 Å². The molecule has 5 heteroatoms. The van der Waals surface area contributed by atoms with Gasteiger partial charge in [-0.25, -0.2) is 4.79 Å². The molecule has 1 atom stereocenters. The van der Waals surface area contributed by atoms with Crippen molar-refractivity contribution in [3.05, 3.63) is 35.9 Å². The number of rotatable bonds is 6. The van der Waals surface area contributed by atoms with Gasteiger partial charge in [0, 0.05) is 19.0 Å². The minimum absolute atomic E-state index is 0.195. The fraction of sp³-hybridized carbons (Fsp3) is 0.375. The molecular formula is C16H19NO4. The Hall–Kier alpha value is -2.30. The Balaban J connectivity index is 1.79. The second-order valence-electron chi connectivity index (χ2n) is 5.24. The van der Waals surface area contributed by atoms with Crippen molar-refractivity contribution >= 4 is 18.0 Å². The lowest BCUT2D eigenvalue weighted by Crippen LogP contribution is -2.29. The number of hydrogen-bond donors (Lipinski definition) is 1. The molecule has 0 saturated carbocycles. The van der Waals surface area contributed by atoms with Crippen molar-refractivity contribution in [2.75, 3.05) is 19.7 Å². The summed E-state index contributed by atoms with van der Waals surface area (Å²) in [5.74, 6) is 0.361. The number of likely N-dealkylation sites (tertiary alicyclic amines) is 1. The lowest BCUT2D eigenvalue weighted by atomic mass is 10.2. The van der Waals surface area contributed by atoms with Gasteiger partial charge in [0.1, 0.15) is 12.4 Å². The van der Waals surface area contributed by atoms with Crippen molar-refractivity contribution in [2.45, 2.75) is 13.3 Å². The van der Waals surface area contributed by atoms with Crippen molar-refractivity contribution in [3.63, 3.8) is 0 Å². The number of amides is 1. The van der Waals surface area contributed by atoms with Gasteiger partial charge in [0.15, 0.2) is 0 Å². The largest absolute Gasteiger partial charge is 0.492 e. The third kappa shape index (κ3) is 4.63. The van der Waals surface area contributed by atoms with E-state index >= 15 is 0 Å². The Morgan fingerprint density at radius 1 is 1.43 bits per heavy atom. The van der Waals surface area contributed by atoms with Crippen LogP contribution >= 0.6 is 0 Å². The highest BCUT2D eigenvalue weighted by atomic mass is 16.5. The summed E-state index contributed by atoms with van der Waals surface area (Å²) >= 11 is 0. The number of benzene rings is 1. The van der Waals surface area contributed by atoms with E-state index in [0.29, 0.717) is 31.2 Å². The Morgan fingerprint density at radius 3 is 2.71 bits per heavy atom. The van der Waals surface area contributed by atoms with Crippen LogP contribution in [0.25, 0.3) is 6.08 Å². The summed E-state index contributed by atoms with van der Waals surface area (Å²) in [7, 11) is 0. The van der Waals surface area contributed by atoms with E-state index in [0.717, 1.165) is 18.2 Å². The normalized spacial score (nSPS) is 18.4. The van der Waals surface area contributed by atoms with E-state index in [1.54, 1.807) is 24.3 Å². The molecule has 0 aromatic heterocycles. The van der Waals surface area contributed by atoms with Crippen LogP contribution in [0.5, 0.6) is 5.75 Å². The van der Waals surface area contributed by atoms with Crippen molar-refractivity contribution < 1.29 is 19.4 Å². The van der Waals surface area contributed by atoms with E-state index in [1.807, 2.05) is 4.90 Å². The lowest BCUT2D eigenvalue weighted by Gasteiger charge is -2.16. The molecule has 0 spiro atoms. The number of carbonyl (C=O) groups is 2. The van der Waals surface area contributed by atoms with Gasteiger partial charge in [-0.05, 0) is 29.7 Å². The molecule has 0 radical (unpaired) electrons. The highest BCUT2D eigenvalue weighted by Gasteiger charge is 2.25. The molecule has 5 nitrogen and oxygen atoms in total. The summed E-state index contributed by atoms with van der Waals surface area (Å²) in [6, 6.07) is 7.15. The maximum Gasteiger partial charge on any atom is 0.328 e. The second kappa shape index (κ2) is 6.92. The molecule has 0 aliphatic carbocycles. The molecule has 1 amide bonds. The van der Waals surface area contributed by atoms with Crippen LogP contribution < -0.4 is 4.74 Å². The monoisotopic (exact) mass is 289 g/mol. The summed E-state index contributed by atoms with van der Waals surface area (Å²) in [6.07, 6.45) is 3.25. The van der Waals surface area contributed by atoms with Crippen LogP contribution in [0.3, 0.4) is 0 Å². The van der Waals surface area contributed by atoms with E-state index in [4.69, 9.17) is 9.84 Å². The van der Waals surface area contributed by atoms with Gasteiger partial charge in [0.2, 0.25) is 5.91 Å². The quantitative estimate of drug-likeness (QED) is 0.814. The van der Waals surface area contributed by atoms with E-state index in [2.05, 4.69) is 6.92 Å². The Labute approximate surface area is 123 Å². The number of ether oxygens (including phenoxy) is 1. The summed E-state index contributed by atoms with van der Waals surface area (Å²) < 4.78 is 5.60. The molecular weight excluding hydrogens is 270 g/mol. The van der Waals surface area contributed by atoms with Crippen molar-refractivity contribution in [1.29, 1.82) is 0 Å². The Morgan fingerprint density at radius 2 is 2.14 bits per heavy atom. The van der Waals surface area contributed by atoms with Gasteiger partial charge in [-0.1, -0.05) is 19.1 Å². The molecule has 1 aliphatic rings. The Kier molecular flexibility index (Phi) is 4.98. The smallest absolute Gasteiger partial charge is 0.328 e. The number of carboxylic acids is 1. The zero-order valence-electron chi connectivity index (χ0n) is 12.0. The van der Waals surface area contributed by atoms with Crippen LogP contribution in [0.2, 0.25) is 0 Å². The summed E-state index contributed by atoms with van der Waals surface area (Å²) in [4.78, 5) is 23.9. The summed E-state index contributed by atoms with van der Waals surface area (Å²) in [5, 5.41) is 8.55. The predicted molar refractivity (Wildman–Crippen MR) is 79.0 cm³/mol. The third-order valence-corrected chi connectivity index (χ3v) is 3.34. The van der Waals surface area contributed by atoms with E-state index in [1.165, 1.54) is 6.08 Å². The third-order valence-electron chi connectivity index (χ3n) is 3.34. The molecule has 1 saturated heterocycles. The minimum atomic E-state index is -0.972. The highest BCUT2D eigenvalue weighted by Crippen LogP contribution is 2.17. The molecule has 1 unspecified atom stereocenters. The van der Waals surface area contributed by atoms with E-state index in [9.17, 15) is 9.59 Å². The topological polar surface area (TPSA) is 66.8 Å². The van der Waals surface area contributed by atoms with E-state index < -0.39 is 5.97 Å². The molecule has 1 N–H and O–H groups in total. The molecule has 2 rings (SSSR count).